The molecule has 0 aliphatic carbocycles. The zero-order valence-electron chi connectivity index (χ0n) is 17.4. The van der Waals surface area contributed by atoms with E-state index in [4.69, 9.17) is 4.55 Å². The summed E-state index contributed by atoms with van der Waals surface area (Å²) in [7, 11) is -7.18. The van der Waals surface area contributed by atoms with Gasteiger partial charge in [0.2, 0.25) is 0 Å². The minimum atomic E-state index is -7.26. The first-order valence-electron chi connectivity index (χ1n) is 9.44. The molecule has 32 heavy (non-hydrogen) atoms. The van der Waals surface area contributed by atoms with Crippen LogP contribution in [0.1, 0.15) is 45.4 Å². The predicted molar refractivity (Wildman–Crippen MR) is 103 cm³/mol. The van der Waals surface area contributed by atoms with Crippen LogP contribution in [-0.4, -0.2) is 55.3 Å². The second-order valence-corrected chi connectivity index (χ2v) is 8.13. The number of rotatable bonds is 15. The first kappa shape index (κ1) is 32.9. The molecule has 2 N–H and O–H groups in total. The van der Waals surface area contributed by atoms with Gasteiger partial charge >= 0.3 is 33.1 Å². The molecule has 0 rings (SSSR count). The molecule has 14 heteroatoms. The van der Waals surface area contributed by atoms with Crippen molar-refractivity contribution in [2.45, 2.75) is 74.6 Å². The largest absolute Gasteiger partial charge is 0.438 e. The highest BCUT2D eigenvalue weighted by Crippen LogP contribution is 2.55. The number of unbranched alkanes of at least 4 members (excludes halogenated alkanes) is 4. The number of halogens is 9. The minimum absolute atomic E-state index is 0.119. The first-order chi connectivity index (χ1) is 14.4. The van der Waals surface area contributed by atoms with Gasteiger partial charge < -0.3 is 5.32 Å². The summed E-state index contributed by atoms with van der Waals surface area (Å²) in [6, 6.07) is 0. The molecule has 1 atom stereocenters. The lowest BCUT2D eigenvalue weighted by Crippen LogP contribution is -2.66. The molecule has 0 aromatic heterocycles. The normalized spacial score (nSPS) is 14.3. The highest BCUT2D eigenvalue weighted by Gasteiger charge is 2.85. The van der Waals surface area contributed by atoms with Crippen molar-refractivity contribution in [1.82, 2.24) is 5.32 Å². The van der Waals surface area contributed by atoms with Gasteiger partial charge in [-0.15, -0.1) is 13.2 Å². The van der Waals surface area contributed by atoms with Gasteiger partial charge in [-0.2, -0.15) is 43.5 Å². The molecule has 0 aliphatic rings. The zero-order valence-corrected chi connectivity index (χ0v) is 18.2. The van der Waals surface area contributed by atoms with E-state index in [1.54, 1.807) is 6.92 Å². The van der Waals surface area contributed by atoms with Gasteiger partial charge in [-0.05, 0) is 6.42 Å². The fourth-order valence-electron chi connectivity index (χ4n) is 2.15. The maximum Gasteiger partial charge on any atom is 0.438 e. The number of alkyl halides is 9. The van der Waals surface area contributed by atoms with Crippen molar-refractivity contribution in [1.29, 1.82) is 0 Å². The molecule has 0 aliphatic heterocycles. The Labute approximate surface area is 181 Å². The molecule has 1 unspecified atom stereocenters. The van der Waals surface area contributed by atoms with Crippen LogP contribution in [0.3, 0.4) is 0 Å². The van der Waals surface area contributed by atoms with E-state index >= 15 is 0 Å². The molecule has 0 bridgehead atoms. The summed E-state index contributed by atoms with van der Waals surface area (Å²) < 4.78 is 147. The topological polar surface area (TPSA) is 66.4 Å². The van der Waals surface area contributed by atoms with Crippen LogP contribution in [-0.2, 0) is 10.1 Å². The van der Waals surface area contributed by atoms with Gasteiger partial charge in [0.1, 0.15) is 0 Å². The molecule has 0 saturated carbocycles. The number of hydrogen-bond donors (Lipinski definition) is 2. The van der Waals surface area contributed by atoms with Gasteiger partial charge in [-0.1, -0.05) is 51.2 Å². The molecule has 0 heterocycles. The Kier molecular flexibility index (Phi) is 13.8. The summed E-state index contributed by atoms with van der Waals surface area (Å²) in [6.45, 7) is 10.6. The third-order valence-electron chi connectivity index (χ3n) is 4.03. The van der Waals surface area contributed by atoms with Crippen LogP contribution in [0.25, 0.3) is 0 Å². The summed E-state index contributed by atoms with van der Waals surface area (Å²) in [5, 5.41) is -3.90. The van der Waals surface area contributed by atoms with Crippen molar-refractivity contribution in [2.24, 2.45) is 0 Å². The van der Waals surface area contributed by atoms with Gasteiger partial charge in [0, 0.05) is 13.1 Å². The SMILES string of the molecule is C=CCNCC=C.CCCCCCCC(F)C(F)(F)C(F)(F)C(F)(F)C(F)(F)S(=O)(=O)O. The second kappa shape index (κ2) is 13.4. The highest BCUT2D eigenvalue weighted by molar-refractivity contribution is 7.87. The fraction of sp³-hybridized carbons (Fsp3) is 0.778. The Morgan fingerprint density at radius 1 is 0.875 bits per heavy atom. The molecular weight excluding hydrogens is 481 g/mol. The van der Waals surface area contributed by atoms with E-state index in [0.717, 1.165) is 13.1 Å². The van der Waals surface area contributed by atoms with E-state index in [9.17, 15) is 47.9 Å². The van der Waals surface area contributed by atoms with Crippen molar-refractivity contribution in [3.8, 4) is 0 Å². The van der Waals surface area contributed by atoms with E-state index in [1.165, 1.54) is 0 Å². The molecule has 192 valence electrons. The van der Waals surface area contributed by atoms with Crippen LogP contribution in [0.4, 0.5) is 39.5 Å². The summed E-state index contributed by atoms with van der Waals surface area (Å²) in [6.07, 6.45) is -0.102. The third-order valence-corrected chi connectivity index (χ3v) is 4.94. The van der Waals surface area contributed by atoms with Crippen LogP contribution in [0.2, 0.25) is 0 Å². The van der Waals surface area contributed by atoms with Crippen LogP contribution in [0.15, 0.2) is 25.3 Å². The molecule has 0 aromatic carbocycles. The Hall–Kier alpha value is -1.28. The minimum Gasteiger partial charge on any atom is -0.310 e. The monoisotopic (exact) mass is 509 g/mol. The number of nitrogens with one attached hydrogen (secondary N) is 1. The summed E-state index contributed by atoms with van der Waals surface area (Å²) in [5.41, 5.74) is 0. The van der Waals surface area contributed by atoms with Crippen molar-refractivity contribution in [3.63, 3.8) is 0 Å². The standard InChI is InChI=1S/C12H17F9O3S.C6H11N/c1-2-3-4-5-6-7-8(13)9(14,15)10(16,17)11(18,19)12(20,21)25(22,23)24;1-3-5-7-6-4-2/h8H,2-7H2,1H3,(H,22,23,24);3-4,7H,1-2,5-6H2. The van der Waals surface area contributed by atoms with Crippen LogP contribution in [0.5, 0.6) is 0 Å². The molecule has 0 saturated heterocycles. The predicted octanol–water partition coefficient (Wildman–Crippen LogP) is 6.02. The van der Waals surface area contributed by atoms with Gasteiger partial charge in [-0.25, -0.2) is 4.39 Å². The Morgan fingerprint density at radius 3 is 1.69 bits per heavy atom. The Morgan fingerprint density at radius 2 is 1.31 bits per heavy atom. The van der Waals surface area contributed by atoms with Gasteiger partial charge in [0.05, 0.1) is 0 Å². The Balaban J connectivity index is 0. The van der Waals surface area contributed by atoms with Crippen LogP contribution in [0, 0.1) is 0 Å². The van der Waals surface area contributed by atoms with E-state index in [1.807, 2.05) is 12.2 Å². The fourth-order valence-corrected chi connectivity index (χ4v) is 2.60. The summed E-state index contributed by atoms with van der Waals surface area (Å²) in [5.74, 6) is -20.6. The molecule has 0 fully saturated rings. The van der Waals surface area contributed by atoms with Crippen LogP contribution < -0.4 is 5.32 Å². The van der Waals surface area contributed by atoms with Gasteiger partial charge in [-0.3, -0.25) is 4.55 Å². The van der Waals surface area contributed by atoms with E-state index in [-0.39, 0.29) is 6.42 Å². The smallest absolute Gasteiger partial charge is 0.310 e. The summed E-state index contributed by atoms with van der Waals surface area (Å²) >= 11 is 0. The van der Waals surface area contributed by atoms with E-state index < -0.39 is 52.2 Å². The van der Waals surface area contributed by atoms with Crippen molar-refractivity contribution >= 4 is 10.1 Å². The van der Waals surface area contributed by atoms with Crippen molar-refractivity contribution in [3.05, 3.63) is 25.3 Å². The van der Waals surface area contributed by atoms with Crippen molar-refractivity contribution < 1.29 is 52.5 Å². The lowest BCUT2D eigenvalue weighted by Gasteiger charge is -2.36. The molecule has 0 amide bonds. The maximum absolute atomic E-state index is 13.4. The molecular formula is C18H28F9NO3S. The first-order valence-corrected chi connectivity index (χ1v) is 10.9. The second-order valence-electron chi connectivity index (χ2n) is 6.67. The number of hydrogen-bond acceptors (Lipinski definition) is 3. The molecule has 0 aromatic rings. The summed E-state index contributed by atoms with van der Waals surface area (Å²) in [4.78, 5) is 0. The zero-order chi connectivity index (χ0) is 25.9. The average Bonchev–Trinajstić information content (AvgIpc) is 2.67. The average molecular weight is 509 g/mol. The highest BCUT2D eigenvalue weighted by atomic mass is 32.2. The quantitative estimate of drug-likeness (QED) is 0.123. The Bertz CT molecular complexity index is 663. The van der Waals surface area contributed by atoms with Crippen LogP contribution >= 0.6 is 0 Å². The third kappa shape index (κ3) is 8.25. The molecule has 4 nitrogen and oxygen atoms in total. The molecule has 0 radical (unpaired) electrons. The lowest BCUT2D eigenvalue weighted by atomic mass is 9.96. The van der Waals surface area contributed by atoms with E-state index in [2.05, 4.69) is 18.5 Å². The van der Waals surface area contributed by atoms with Crippen molar-refractivity contribution in [2.75, 3.05) is 13.1 Å². The lowest BCUT2D eigenvalue weighted by molar-refractivity contribution is -0.359. The van der Waals surface area contributed by atoms with Gasteiger partial charge in [0.15, 0.2) is 6.17 Å². The maximum atomic E-state index is 13.4. The van der Waals surface area contributed by atoms with E-state index in [0.29, 0.717) is 19.3 Å². The van der Waals surface area contributed by atoms with Gasteiger partial charge in [0.25, 0.3) is 0 Å². The molecule has 0 spiro atoms.